The van der Waals surface area contributed by atoms with E-state index in [0.29, 0.717) is 35.1 Å². The van der Waals surface area contributed by atoms with Crippen LogP contribution in [0.2, 0.25) is 0 Å². The van der Waals surface area contributed by atoms with Crippen LogP contribution in [-0.2, 0) is 13.5 Å². The van der Waals surface area contributed by atoms with E-state index in [1.807, 2.05) is 31.3 Å². The predicted molar refractivity (Wildman–Crippen MR) is 103 cm³/mol. The summed E-state index contributed by atoms with van der Waals surface area (Å²) in [5, 5.41) is 4.87. The van der Waals surface area contributed by atoms with Crippen molar-refractivity contribution < 1.29 is 13.6 Å². The minimum absolute atomic E-state index is 0.172. The lowest BCUT2D eigenvalue weighted by Gasteiger charge is -2.32. The lowest BCUT2D eigenvalue weighted by Crippen LogP contribution is -2.45. The van der Waals surface area contributed by atoms with E-state index in [-0.39, 0.29) is 12.3 Å². The smallest absolute Gasteiger partial charge is 0.265 e. The van der Waals surface area contributed by atoms with E-state index in [1.165, 1.54) is 4.90 Å². The molecule has 1 saturated heterocycles. The van der Waals surface area contributed by atoms with E-state index in [4.69, 9.17) is 0 Å². The second kappa shape index (κ2) is 6.96. The lowest BCUT2D eigenvalue weighted by molar-refractivity contribution is -0.0560. The Balaban J connectivity index is 1.85. The molecule has 0 spiro atoms. The van der Waals surface area contributed by atoms with Crippen molar-refractivity contribution in [1.29, 1.82) is 0 Å². The predicted octanol–water partition coefficient (Wildman–Crippen LogP) is 4.07. The molecule has 1 aliphatic heterocycles. The highest BCUT2D eigenvalue weighted by Gasteiger charge is 2.37. The number of hydrogen-bond donors (Lipinski definition) is 0. The molecular weight excluding hydrogens is 362 g/mol. The van der Waals surface area contributed by atoms with Crippen LogP contribution in [0.15, 0.2) is 36.7 Å². The maximum atomic E-state index is 13.9. The summed E-state index contributed by atoms with van der Waals surface area (Å²) in [5.74, 6) is -3.21. The topological polar surface area (TPSA) is 51.0 Å². The molecule has 0 bridgehead atoms. The normalized spacial score (nSPS) is 16.5. The van der Waals surface area contributed by atoms with E-state index in [1.54, 1.807) is 24.0 Å². The van der Waals surface area contributed by atoms with Gasteiger partial charge in [0.25, 0.3) is 11.8 Å². The molecule has 28 heavy (non-hydrogen) atoms. The summed E-state index contributed by atoms with van der Waals surface area (Å²) >= 11 is 0. The fourth-order valence-electron chi connectivity index (χ4n) is 3.68. The molecule has 1 amide bonds. The van der Waals surface area contributed by atoms with Gasteiger partial charge in [0.1, 0.15) is 0 Å². The maximum Gasteiger partial charge on any atom is 0.265 e. The molecule has 0 saturated carbocycles. The summed E-state index contributed by atoms with van der Waals surface area (Å²) in [6, 6.07) is 7.50. The third-order valence-corrected chi connectivity index (χ3v) is 5.19. The van der Waals surface area contributed by atoms with Gasteiger partial charge in [0, 0.05) is 37.2 Å². The average molecular weight is 384 g/mol. The summed E-state index contributed by atoms with van der Waals surface area (Å²) in [7, 11) is 1.81. The van der Waals surface area contributed by atoms with Gasteiger partial charge in [-0.3, -0.25) is 9.48 Å². The van der Waals surface area contributed by atoms with E-state index < -0.39 is 12.5 Å². The number of aromatic nitrogens is 3. The molecule has 0 radical (unpaired) electrons. The van der Waals surface area contributed by atoms with E-state index in [2.05, 4.69) is 10.1 Å². The first-order chi connectivity index (χ1) is 13.4. The SMILES string of the molecule is CCc1ccc2nc(-c3cnn(C)c3)cc(C(=O)N3CCCC(F)(F)C3)c2c1. The van der Waals surface area contributed by atoms with E-state index >= 15 is 0 Å². The molecule has 146 valence electrons. The number of pyridine rings is 1. The van der Waals surface area contributed by atoms with Gasteiger partial charge in [-0.1, -0.05) is 13.0 Å². The van der Waals surface area contributed by atoms with Crippen molar-refractivity contribution in [1.82, 2.24) is 19.7 Å². The second-order valence-electron chi connectivity index (χ2n) is 7.35. The van der Waals surface area contributed by atoms with Crippen molar-refractivity contribution in [3.63, 3.8) is 0 Å². The Kier molecular flexibility index (Phi) is 4.61. The van der Waals surface area contributed by atoms with Crippen LogP contribution in [-0.4, -0.2) is 44.6 Å². The quantitative estimate of drug-likeness (QED) is 0.684. The number of carbonyl (C=O) groups excluding carboxylic acids is 1. The third kappa shape index (κ3) is 3.48. The highest BCUT2D eigenvalue weighted by Crippen LogP contribution is 2.31. The van der Waals surface area contributed by atoms with Gasteiger partial charge in [-0.2, -0.15) is 5.10 Å². The zero-order valence-electron chi connectivity index (χ0n) is 16.0. The van der Waals surface area contributed by atoms with Crippen LogP contribution in [0, 0.1) is 0 Å². The van der Waals surface area contributed by atoms with Crippen LogP contribution >= 0.6 is 0 Å². The third-order valence-electron chi connectivity index (χ3n) is 5.19. The Morgan fingerprint density at radius 2 is 2.11 bits per heavy atom. The summed E-state index contributed by atoms with van der Waals surface area (Å²) in [6.45, 7) is 1.84. The minimum Gasteiger partial charge on any atom is -0.333 e. The number of piperidine rings is 1. The monoisotopic (exact) mass is 384 g/mol. The standard InChI is InChI=1S/C21H22F2N4O/c1-3-14-5-6-18-16(9-14)17(10-19(25-18)15-11-24-26(2)12-15)20(28)27-8-4-7-21(22,23)13-27/h5-6,9-12H,3-4,7-8,13H2,1-2H3. The molecule has 7 heteroatoms. The first-order valence-electron chi connectivity index (χ1n) is 9.46. The number of likely N-dealkylation sites (tertiary alicyclic amines) is 1. The first-order valence-corrected chi connectivity index (χ1v) is 9.46. The van der Waals surface area contributed by atoms with Gasteiger partial charge >= 0.3 is 0 Å². The van der Waals surface area contributed by atoms with Crippen molar-refractivity contribution in [2.45, 2.75) is 32.1 Å². The van der Waals surface area contributed by atoms with Crippen LogP contribution < -0.4 is 0 Å². The Labute approximate surface area is 162 Å². The van der Waals surface area contributed by atoms with Crippen molar-refractivity contribution >= 4 is 16.8 Å². The maximum absolute atomic E-state index is 13.9. The highest BCUT2D eigenvalue weighted by atomic mass is 19.3. The van der Waals surface area contributed by atoms with Gasteiger partial charge in [-0.25, -0.2) is 13.8 Å². The Morgan fingerprint density at radius 3 is 2.79 bits per heavy atom. The van der Waals surface area contributed by atoms with Crippen LogP contribution in [0.4, 0.5) is 8.78 Å². The number of amides is 1. The van der Waals surface area contributed by atoms with Crippen molar-refractivity contribution in [3.8, 4) is 11.3 Å². The number of halogens is 2. The zero-order chi connectivity index (χ0) is 19.9. The van der Waals surface area contributed by atoms with Crippen LogP contribution in [0.5, 0.6) is 0 Å². The number of alkyl halides is 2. The molecule has 0 unspecified atom stereocenters. The van der Waals surface area contributed by atoms with E-state index in [9.17, 15) is 13.6 Å². The average Bonchev–Trinajstić information content (AvgIpc) is 3.11. The fraction of sp³-hybridized carbons (Fsp3) is 0.381. The number of hydrogen-bond acceptors (Lipinski definition) is 3. The summed E-state index contributed by atoms with van der Waals surface area (Å²) in [5.41, 5.74) is 3.54. The number of rotatable bonds is 3. The summed E-state index contributed by atoms with van der Waals surface area (Å²) in [4.78, 5) is 19.2. The molecule has 3 aromatic rings. The highest BCUT2D eigenvalue weighted by molar-refractivity contribution is 6.07. The molecule has 1 aliphatic rings. The number of fused-ring (bicyclic) bond motifs is 1. The van der Waals surface area contributed by atoms with Crippen molar-refractivity contribution in [2.75, 3.05) is 13.1 Å². The molecule has 1 fully saturated rings. The Morgan fingerprint density at radius 1 is 1.29 bits per heavy atom. The fourth-order valence-corrected chi connectivity index (χ4v) is 3.68. The van der Waals surface area contributed by atoms with E-state index in [0.717, 1.165) is 17.5 Å². The summed E-state index contributed by atoms with van der Waals surface area (Å²) < 4.78 is 29.4. The Bertz CT molecular complexity index is 1040. The minimum atomic E-state index is -2.84. The summed E-state index contributed by atoms with van der Waals surface area (Å²) in [6.07, 6.45) is 4.44. The van der Waals surface area contributed by atoms with Gasteiger partial charge in [0.15, 0.2) is 0 Å². The van der Waals surface area contributed by atoms with Gasteiger partial charge in [0.05, 0.1) is 29.5 Å². The van der Waals surface area contributed by atoms with Gasteiger partial charge in [-0.15, -0.1) is 0 Å². The molecule has 0 aliphatic carbocycles. The number of aryl methyl sites for hydroxylation is 2. The second-order valence-corrected chi connectivity index (χ2v) is 7.35. The van der Waals surface area contributed by atoms with Gasteiger partial charge < -0.3 is 4.90 Å². The molecule has 5 nitrogen and oxygen atoms in total. The first kappa shape index (κ1) is 18.5. The number of benzene rings is 1. The Hall–Kier alpha value is -2.83. The number of carbonyl (C=O) groups is 1. The lowest BCUT2D eigenvalue weighted by atomic mass is 10.00. The van der Waals surface area contributed by atoms with Gasteiger partial charge in [0.2, 0.25) is 0 Å². The van der Waals surface area contributed by atoms with Crippen LogP contribution in [0.3, 0.4) is 0 Å². The largest absolute Gasteiger partial charge is 0.333 e. The zero-order valence-corrected chi connectivity index (χ0v) is 16.0. The molecule has 4 rings (SSSR count). The van der Waals surface area contributed by atoms with Crippen molar-refractivity contribution in [3.05, 3.63) is 47.8 Å². The molecule has 0 atom stereocenters. The number of nitrogens with zero attached hydrogens (tertiary/aromatic N) is 4. The molecular formula is C21H22F2N4O. The molecule has 3 heterocycles. The van der Waals surface area contributed by atoms with Crippen LogP contribution in [0.1, 0.15) is 35.7 Å². The molecule has 1 aromatic carbocycles. The van der Waals surface area contributed by atoms with Crippen LogP contribution in [0.25, 0.3) is 22.2 Å². The van der Waals surface area contributed by atoms with Crippen molar-refractivity contribution in [2.24, 2.45) is 7.05 Å². The van der Waals surface area contributed by atoms with Gasteiger partial charge in [-0.05, 0) is 36.6 Å². The molecule has 0 N–H and O–H groups in total. The molecule has 2 aromatic heterocycles.